The lowest BCUT2D eigenvalue weighted by atomic mass is 9.90. The van der Waals surface area contributed by atoms with E-state index in [1.165, 1.54) is 25.5 Å². The van der Waals surface area contributed by atoms with Crippen LogP contribution in [0.15, 0.2) is 53.6 Å². The van der Waals surface area contributed by atoms with Gasteiger partial charge in [-0.2, -0.15) is 4.98 Å². The summed E-state index contributed by atoms with van der Waals surface area (Å²) in [5.41, 5.74) is 4.53. The van der Waals surface area contributed by atoms with E-state index in [0.29, 0.717) is 41.9 Å². The second-order valence-electron chi connectivity index (χ2n) is 16.9. The number of likely N-dealkylation sites (N-methyl/N-ethyl adjacent to an activating group) is 1. The van der Waals surface area contributed by atoms with Crippen LogP contribution in [0.4, 0.5) is 23.1 Å². The quantitative estimate of drug-likeness (QED) is 0.185. The van der Waals surface area contributed by atoms with E-state index in [-0.39, 0.29) is 40.7 Å². The highest BCUT2D eigenvalue weighted by Gasteiger charge is 2.30. The maximum atomic E-state index is 13.4. The molecular weight excluding hydrogens is 761 g/mol. The zero-order valence-electron chi connectivity index (χ0n) is 35.2. The third-order valence-corrected chi connectivity index (χ3v) is 13.0. The predicted octanol–water partition coefficient (Wildman–Crippen LogP) is 4.82. The van der Waals surface area contributed by atoms with Crippen molar-refractivity contribution in [2.75, 3.05) is 87.7 Å². The van der Waals surface area contributed by atoms with Crippen LogP contribution in [0.3, 0.4) is 0 Å². The van der Waals surface area contributed by atoms with Crippen molar-refractivity contribution < 1.29 is 19.1 Å². The SMILES string of the molecule is CC(=O)c1c(C)c2cnc(Nc3ccc(N4CCN(C)CC4)cn3)nc2n(C2CCCC2)c1=O.O=C1CCC(c2ccc(N3CCC(N4CCOCC4)CC3)cc2)C(=O)N1. The van der Waals surface area contributed by atoms with Gasteiger partial charge in [0.25, 0.3) is 5.56 Å². The smallest absolute Gasteiger partial charge is 0.263 e. The number of pyridine rings is 2. The van der Waals surface area contributed by atoms with Gasteiger partial charge in [-0.3, -0.25) is 34.0 Å². The van der Waals surface area contributed by atoms with Crippen LogP contribution in [0.25, 0.3) is 11.0 Å². The maximum absolute atomic E-state index is 13.4. The summed E-state index contributed by atoms with van der Waals surface area (Å²) in [6.45, 7) is 13.3. The van der Waals surface area contributed by atoms with Crippen molar-refractivity contribution in [3.05, 3.63) is 75.8 Å². The first kappa shape index (κ1) is 41.5. The van der Waals surface area contributed by atoms with E-state index < -0.39 is 0 Å². The van der Waals surface area contributed by atoms with Crippen LogP contribution in [-0.4, -0.2) is 126 Å². The molecule has 60 heavy (non-hydrogen) atoms. The standard InChI is InChI=1S/C25H31N7O2.C20H27N3O3/c1-16-20-15-27-25(28-21-9-8-19(14-26-21)31-12-10-30(3)11-13-31)29-23(20)32(18-6-4-5-7-18)24(34)22(16)17(2)33;24-19-6-5-18(20(25)21-19)15-1-3-16(4-2-15)22-9-7-17(8-10-22)23-11-13-26-14-12-23/h8-9,14-15,18H,4-7,10-13H2,1-3H3,(H,26,27,28,29);1-4,17-18H,5-14H2,(H,21,24,25). The van der Waals surface area contributed by atoms with Crippen LogP contribution >= 0.6 is 0 Å². The average Bonchev–Trinajstić information content (AvgIpc) is 3.80. The number of imide groups is 1. The van der Waals surface area contributed by atoms with Crippen molar-refractivity contribution >= 4 is 51.8 Å². The largest absolute Gasteiger partial charge is 0.379 e. The zero-order chi connectivity index (χ0) is 41.8. The van der Waals surface area contributed by atoms with Crippen molar-refractivity contribution in [1.29, 1.82) is 0 Å². The first-order valence-electron chi connectivity index (χ1n) is 21.7. The van der Waals surface area contributed by atoms with Gasteiger partial charge in [0.05, 0.1) is 36.6 Å². The van der Waals surface area contributed by atoms with Crippen molar-refractivity contribution in [3.63, 3.8) is 0 Å². The van der Waals surface area contributed by atoms with Crippen LogP contribution in [0.1, 0.15) is 91.7 Å². The molecule has 1 aromatic carbocycles. The van der Waals surface area contributed by atoms with Gasteiger partial charge in [-0.1, -0.05) is 25.0 Å². The van der Waals surface area contributed by atoms with Gasteiger partial charge >= 0.3 is 0 Å². The number of nitrogens with zero attached hydrogens (tertiary/aromatic N) is 8. The van der Waals surface area contributed by atoms with Gasteiger partial charge in [-0.15, -0.1) is 0 Å². The molecule has 9 rings (SSSR count). The number of Topliss-reactive ketones (excluding diaryl/α,β-unsaturated/α-hetero) is 1. The predicted molar refractivity (Wildman–Crippen MR) is 232 cm³/mol. The van der Waals surface area contributed by atoms with Gasteiger partial charge < -0.3 is 24.8 Å². The Morgan fingerprint density at radius 2 is 1.47 bits per heavy atom. The molecule has 4 aliphatic heterocycles. The minimum absolute atomic E-state index is 0.0532. The Balaban J connectivity index is 0.000000172. The van der Waals surface area contributed by atoms with Crippen LogP contribution < -0.4 is 26.0 Å². The molecule has 7 heterocycles. The molecule has 1 aliphatic carbocycles. The zero-order valence-corrected chi connectivity index (χ0v) is 35.2. The van der Waals surface area contributed by atoms with E-state index in [9.17, 15) is 19.2 Å². The molecule has 1 unspecified atom stereocenters. The molecule has 0 spiro atoms. The number of piperazine rings is 1. The molecule has 4 saturated heterocycles. The minimum Gasteiger partial charge on any atom is -0.379 e. The van der Waals surface area contributed by atoms with E-state index in [0.717, 1.165) is 108 Å². The number of piperidine rings is 2. The fraction of sp³-hybridized carbons (Fsp3) is 0.533. The fourth-order valence-corrected chi connectivity index (χ4v) is 9.50. The number of aryl methyl sites for hydroxylation is 1. The number of rotatable bonds is 8. The summed E-state index contributed by atoms with van der Waals surface area (Å²) in [5.74, 6) is 0.278. The van der Waals surface area contributed by atoms with Crippen molar-refractivity contribution in [2.45, 2.75) is 83.2 Å². The number of hydrogen-bond acceptors (Lipinski definition) is 13. The monoisotopic (exact) mass is 818 g/mol. The van der Waals surface area contributed by atoms with E-state index in [1.807, 2.05) is 24.4 Å². The van der Waals surface area contributed by atoms with E-state index >= 15 is 0 Å². The number of hydrogen-bond donors (Lipinski definition) is 2. The number of carbonyl (C=O) groups excluding carboxylic acids is 3. The highest BCUT2D eigenvalue weighted by Crippen LogP contribution is 2.33. The number of amides is 2. The molecule has 0 radical (unpaired) electrons. The molecule has 5 aliphatic rings. The third-order valence-electron chi connectivity index (χ3n) is 13.0. The number of fused-ring (bicyclic) bond motifs is 1. The summed E-state index contributed by atoms with van der Waals surface area (Å²) < 4.78 is 7.18. The number of morpholine rings is 1. The third kappa shape index (κ3) is 9.22. The molecular formula is C45H58N10O5. The van der Waals surface area contributed by atoms with E-state index in [2.05, 4.69) is 65.4 Å². The number of carbonyl (C=O) groups is 3. The van der Waals surface area contributed by atoms with Gasteiger partial charge in [0, 0.05) is 88.1 Å². The summed E-state index contributed by atoms with van der Waals surface area (Å²) in [6.07, 6.45) is 11.0. The number of anilines is 4. The van der Waals surface area contributed by atoms with Crippen LogP contribution in [0, 0.1) is 6.92 Å². The van der Waals surface area contributed by atoms with Crippen molar-refractivity contribution in [3.8, 4) is 0 Å². The first-order chi connectivity index (χ1) is 29.1. The normalized spacial score (nSPS) is 21.1. The van der Waals surface area contributed by atoms with Gasteiger partial charge in [-0.05, 0) is 88.4 Å². The second-order valence-corrected chi connectivity index (χ2v) is 16.9. The first-order valence-corrected chi connectivity index (χ1v) is 21.7. The number of aromatic nitrogens is 4. The summed E-state index contributed by atoms with van der Waals surface area (Å²) in [4.78, 5) is 72.4. The van der Waals surface area contributed by atoms with E-state index in [4.69, 9.17) is 9.72 Å². The minimum atomic E-state index is -0.247. The van der Waals surface area contributed by atoms with Gasteiger partial charge in [0.15, 0.2) is 5.78 Å². The summed E-state index contributed by atoms with van der Waals surface area (Å²) in [7, 11) is 2.14. The lowest BCUT2D eigenvalue weighted by molar-refractivity contribution is -0.134. The number of benzene rings is 1. The molecule has 15 heteroatoms. The lowest BCUT2D eigenvalue weighted by Gasteiger charge is -2.40. The van der Waals surface area contributed by atoms with Crippen molar-refractivity contribution in [1.82, 2.24) is 34.6 Å². The molecule has 5 fully saturated rings. The Labute approximate surface area is 351 Å². The summed E-state index contributed by atoms with van der Waals surface area (Å²) in [5, 5.41) is 6.36. The highest BCUT2D eigenvalue weighted by molar-refractivity contribution is 6.01. The summed E-state index contributed by atoms with van der Waals surface area (Å²) >= 11 is 0. The van der Waals surface area contributed by atoms with Gasteiger partial charge in [0.1, 0.15) is 11.5 Å². The number of ketones is 1. The van der Waals surface area contributed by atoms with E-state index in [1.54, 1.807) is 17.7 Å². The number of nitrogens with one attached hydrogen (secondary N) is 2. The number of ether oxygens (including phenoxy) is 1. The Bertz CT molecular complexity index is 2220. The fourth-order valence-electron chi connectivity index (χ4n) is 9.50. The maximum Gasteiger partial charge on any atom is 0.263 e. The Kier molecular flexibility index (Phi) is 12.8. The molecule has 2 N–H and O–H groups in total. The molecule has 2 amide bonds. The van der Waals surface area contributed by atoms with Crippen molar-refractivity contribution in [2.24, 2.45) is 0 Å². The lowest BCUT2D eigenvalue weighted by Crippen LogP contribution is -2.49. The molecule has 1 saturated carbocycles. The molecule has 15 nitrogen and oxygen atoms in total. The Morgan fingerprint density at radius 3 is 2.12 bits per heavy atom. The van der Waals surface area contributed by atoms with Gasteiger partial charge in [-0.25, -0.2) is 9.97 Å². The molecule has 4 aromatic rings. The van der Waals surface area contributed by atoms with Crippen LogP contribution in [0.5, 0.6) is 0 Å². The molecule has 318 valence electrons. The molecule has 0 bridgehead atoms. The molecule has 1 atom stereocenters. The Hall–Kier alpha value is -5.25. The average molecular weight is 819 g/mol. The van der Waals surface area contributed by atoms with Crippen LogP contribution in [0.2, 0.25) is 0 Å². The second kappa shape index (κ2) is 18.6. The van der Waals surface area contributed by atoms with Crippen LogP contribution in [-0.2, 0) is 14.3 Å². The highest BCUT2D eigenvalue weighted by atomic mass is 16.5. The summed E-state index contributed by atoms with van der Waals surface area (Å²) in [6, 6.07) is 13.0. The molecule has 3 aromatic heterocycles. The Morgan fingerprint density at radius 1 is 0.783 bits per heavy atom. The van der Waals surface area contributed by atoms with Gasteiger partial charge in [0.2, 0.25) is 17.8 Å². The topological polar surface area (TPSA) is 158 Å².